The molecule has 19 heavy (non-hydrogen) atoms. The van der Waals surface area contributed by atoms with Crippen LogP contribution >= 0.6 is 0 Å². The Bertz CT molecular complexity index is 320. The van der Waals surface area contributed by atoms with Crippen LogP contribution in [0.4, 0.5) is 0 Å². The van der Waals surface area contributed by atoms with Crippen molar-refractivity contribution < 1.29 is 0 Å². The molecule has 0 unspecified atom stereocenters. The molecule has 0 saturated carbocycles. The molecule has 0 fully saturated rings. The second-order valence-electron chi connectivity index (χ2n) is 4.52. The predicted octanol–water partition coefficient (Wildman–Crippen LogP) is 6.27. The number of rotatable bonds is 3. The molecule has 2 rings (SSSR count). The van der Waals surface area contributed by atoms with Crippen molar-refractivity contribution in [3.8, 4) is 0 Å². The van der Waals surface area contributed by atoms with E-state index in [-0.39, 0.29) is 0 Å². The third kappa shape index (κ3) is 14.4. The second-order valence-corrected chi connectivity index (χ2v) is 4.52. The maximum Gasteiger partial charge on any atom is -0.0398 e. The lowest BCUT2D eigenvalue weighted by Crippen LogP contribution is -1.66. The lowest BCUT2D eigenvalue weighted by atomic mass is 10.2. The molecule has 0 spiro atoms. The molecular weight excluding hydrogens is 228 g/mol. The Labute approximate surface area is 119 Å². The topological polar surface area (TPSA) is 0 Å². The zero-order valence-electron chi connectivity index (χ0n) is 12.7. The van der Waals surface area contributed by atoms with E-state index in [2.05, 4.69) is 32.9 Å². The molecule has 0 amide bonds. The Kier molecular flexibility index (Phi) is 13.3. The number of hydrogen-bond donors (Lipinski definition) is 0. The van der Waals surface area contributed by atoms with E-state index in [4.69, 9.17) is 0 Å². The van der Waals surface area contributed by atoms with Crippen molar-refractivity contribution in [1.29, 1.82) is 0 Å². The average Bonchev–Trinajstić information content (AvgIpc) is 2.49. The average molecular weight is 256 g/mol. The standard InChI is InChI=1S/C7H8.C6H6.C6H14/c1-7-5-3-2-4-6-7;1-2-4-6-5-3-1;1-3-5-6-4-2/h2-6H,1H3;1-6H;3-6H2,1-2H3. The van der Waals surface area contributed by atoms with Gasteiger partial charge in [0.2, 0.25) is 0 Å². The SMILES string of the molecule is CCCCCC.Cc1ccccc1.c1ccccc1. The Balaban J connectivity index is 0.000000257. The molecule has 0 N–H and O–H groups in total. The quantitative estimate of drug-likeness (QED) is 0.568. The molecule has 0 aliphatic heterocycles. The molecule has 2 aromatic rings. The smallest absolute Gasteiger partial charge is 0.0398 e. The highest BCUT2D eigenvalue weighted by Crippen LogP contribution is 1.95. The Hall–Kier alpha value is -1.56. The summed E-state index contributed by atoms with van der Waals surface area (Å²) in [5, 5.41) is 0. The van der Waals surface area contributed by atoms with E-state index < -0.39 is 0 Å². The molecule has 0 bridgehead atoms. The van der Waals surface area contributed by atoms with Crippen LogP contribution in [0.1, 0.15) is 45.1 Å². The first-order valence-corrected chi connectivity index (χ1v) is 7.32. The second kappa shape index (κ2) is 14.5. The molecule has 0 radical (unpaired) electrons. The maximum atomic E-state index is 2.23. The molecule has 0 heterocycles. The fourth-order valence-corrected chi connectivity index (χ4v) is 1.42. The predicted molar refractivity (Wildman–Crippen MR) is 87.4 cm³/mol. The van der Waals surface area contributed by atoms with Crippen molar-refractivity contribution in [2.45, 2.75) is 46.5 Å². The van der Waals surface area contributed by atoms with Crippen LogP contribution < -0.4 is 0 Å². The van der Waals surface area contributed by atoms with Crippen LogP contribution in [0.25, 0.3) is 0 Å². The molecule has 0 atom stereocenters. The molecule has 0 nitrogen and oxygen atoms in total. The molecule has 0 aliphatic carbocycles. The first-order chi connectivity index (χ1) is 9.31. The van der Waals surface area contributed by atoms with Gasteiger partial charge in [-0.05, 0) is 6.92 Å². The van der Waals surface area contributed by atoms with E-state index in [0.717, 1.165) is 0 Å². The summed E-state index contributed by atoms with van der Waals surface area (Å²) in [5.41, 5.74) is 1.32. The summed E-state index contributed by atoms with van der Waals surface area (Å²) in [6, 6.07) is 22.3. The fourth-order valence-electron chi connectivity index (χ4n) is 1.42. The Morgan fingerprint density at radius 1 is 0.579 bits per heavy atom. The number of hydrogen-bond acceptors (Lipinski definition) is 0. The van der Waals surface area contributed by atoms with E-state index in [1.165, 1.54) is 31.2 Å². The molecular formula is C19H28. The van der Waals surface area contributed by atoms with Gasteiger partial charge in [0.25, 0.3) is 0 Å². The van der Waals surface area contributed by atoms with Gasteiger partial charge < -0.3 is 0 Å². The van der Waals surface area contributed by atoms with Gasteiger partial charge in [0.05, 0.1) is 0 Å². The molecule has 0 aromatic heterocycles. The van der Waals surface area contributed by atoms with Gasteiger partial charge in [0.15, 0.2) is 0 Å². The Morgan fingerprint density at radius 2 is 0.895 bits per heavy atom. The minimum Gasteiger partial charge on any atom is -0.0654 e. The third-order valence-corrected chi connectivity index (χ3v) is 2.56. The molecule has 104 valence electrons. The van der Waals surface area contributed by atoms with Crippen molar-refractivity contribution >= 4 is 0 Å². The van der Waals surface area contributed by atoms with Crippen LogP contribution in [0.5, 0.6) is 0 Å². The fraction of sp³-hybridized carbons (Fsp3) is 0.368. The normalized spacial score (nSPS) is 8.58. The van der Waals surface area contributed by atoms with E-state index in [1.807, 2.05) is 54.6 Å². The molecule has 0 heteroatoms. The van der Waals surface area contributed by atoms with Crippen LogP contribution in [0.3, 0.4) is 0 Å². The summed E-state index contributed by atoms with van der Waals surface area (Å²) < 4.78 is 0. The van der Waals surface area contributed by atoms with Crippen molar-refractivity contribution in [2.75, 3.05) is 0 Å². The van der Waals surface area contributed by atoms with Gasteiger partial charge in [0, 0.05) is 0 Å². The summed E-state index contributed by atoms with van der Waals surface area (Å²) in [6.07, 6.45) is 5.54. The van der Waals surface area contributed by atoms with Gasteiger partial charge >= 0.3 is 0 Å². The largest absolute Gasteiger partial charge is 0.0654 e. The highest BCUT2D eigenvalue weighted by Gasteiger charge is 1.75. The minimum absolute atomic E-state index is 1.32. The van der Waals surface area contributed by atoms with Gasteiger partial charge in [-0.2, -0.15) is 0 Å². The first kappa shape index (κ1) is 17.4. The summed E-state index contributed by atoms with van der Waals surface area (Å²) in [5.74, 6) is 0. The van der Waals surface area contributed by atoms with E-state index >= 15 is 0 Å². The molecule has 0 saturated heterocycles. The van der Waals surface area contributed by atoms with Crippen molar-refractivity contribution in [3.63, 3.8) is 0 Å². The number of unbranched alkanes of at least 4 members (excludes halogenated alkanes) is 3. The lowest BCUT2D eigenvalue weighted by Gasteiger charge is -1.86. The van der Waals surface area contributed by atoms with Gasteiger partial charge in [-0.15, -0.1) is 0 Å². The Morgan fingerprint density at radius 3 is 1.11 bits per heavy atom. The van der Waals surface area contributed by atoms with Gasteiger partial charge in [-0.1, -0.05) is 112 Å². The number of benzene rings is 2. The summed E-state index contributed by atoms with van der Waals surface area (Å²) in [4.78, 5) is 0. The first-order valence-electron chi connectivity index (χ1n) is 7.32. The van der Waals surface area contributed by atoms with Crippen LogP contribution in [-0.4, -0.2) is 0 Å². The summed E-state index contributed by atoms with van der Waals surface area (Å²) >= 11 is 0. The molecule has 2 aromatic carbocycles. The lowest BCUT2D eigenvalue weighted by molar-refractivity contribution is 0.702. The third-order valence-electron chi connectivity index (χ3n) is 2.56. The van der Waals surface area contributed by atoms with Gasteiger partial charge in [-0.25, -0.2) is 0 Å². The number of aryl methyl sites for hydroxylation is 1. The zero-order valence-corrected chi connectivity index (χ0v) is 12.7. The maximum absolute atomic E-state index is 2.23. The zero-order chi connectivity index (χ0) is 14.2. The minimum atomic E-state index is 1.32. The highest BCUT2D eigenvalue weighted by molar-refractivity contribution is 5.11. The van der Waals surface area contributed by atoms with Crippen LogP contribution in [0, 0.1) is 6.92 Å². The van der Waals surface area contributed by atoms with Crippen molar-refractivity contribution in [2.24, 2.45) is 0 Å². The molecule has 0 aliphatic rings. The highest BCUT2D eigenvalue weighted by atomic mass is 13.8. The monoisotopic (exact) mass is 256 g/mol. The summed E-state index contributed by atoms with van der Waals surface area (Å²) in [7, 11) is 0. The van der Waals surface area contributed by atoms with E-state index in [1.54, 1.807) is 0 Å². The van der Waals surface area contributed by atoms with Gasteiger partial charge in [-0.3, -0.25) is 0 Å². The van der Waals surface area contributed by atoms with Crippen LogP contribution in [0.2, 0.25) is 0 Å². The van der Waals surface area contributed by atoms with Crippen molar-refractivity contribution in [1.82, 2.24) is 0 Å². The van der Waals surface area contributed by atoms with Gasteiger partial charge in [0.1, 0.15) is 0 Å². The summed E-state index contributed by atoms with van der Waals surface area (Å²) in [6.45, 7) is 6.55. The van der Waals surface area contributed by atoms with Crippen molar-refractivity contribution in [3.05, 3.63) is 72.3 Å². The van der Waals surface area contributed by atoms with Crippen LogP contribution in [-0.2, 0) is 0 Å². The van der Waals surface area contributed by atoms with Crippen LogP contribution in [0.15, 0.2) is 66.7 Å². The van der Waals surface area contributed by atoms with E-state index in [9.17, 15) is 0 Å². The van der Waals surface area contributed by atoms with E-state index in [0.29, 0.717) is 0 Å².